The molecule has 1 N–H and O–H groups in total. The predicted octanol–water partition coefficient (Wildman–Crippen LogP) is 0.546. The van der Waals surface area contributed by atoms with Gasteiger partial charge in [0.15, 0.2) is 0 Å². The van der Waals surface area contributed by atoms with Crippen LogP contribution in [0.15, 0.2) is 0 Å². The number of rotatable bonds is 1. The summed E-state index contributed by atoms with van der Waals surface area (Å²) in [6.07, 6.45) is -5.51. The highest BCUT2D eigenvalue weighted by Crippen LogP contribution is 2.20. The maximum atomic E-state index is 11.7. The molecule has 1 fully saturated rings. The fourth-order valence-electron chi connectivity index (χ4n) is 0.956. The Morgan fingerprint density at radius 2 is 2.25 bits per heavy atom. The highest BCUT2D eigenvalue weighted by molar-refractivity contribution is 4.78. The standard InChI is InChI=1S/C6H10F3N2O/c1-11-3-2-10-4-5(11)12-6(7,8)9/h3,5,10H,2,4H2,1H3. The van der Waals surface area contributed by atoms with Gasteiger partial charge in [-0.2, -0.15) is 0 Å². The van der Waals surface area contributed by atoms with Gasteiger partial charge in [0.05, 0.1) is 0 Å². The summed E-state index contributed by atoms with van der Waals surface area (Å²) in [4.78, 5) is 1.41. The predicted molar refractivity (Wildman–Crippen MR) is 35.9 cm³/mol. The van der Waals surface area contributed by atoms with Gasteiger partial charge in [-0.25, -0.2) is 0 Å². The first kappa shape index (κ1) is 9.76. The van der Waals surface area contributed by atoms with E-state index in [2.05, 4.69) is 10.1 Å². The molecule has 1 aliphatic rings. The van der Waals surface area contributed by atoms with E-state index in [9.17, 15) is 13.2 Å². The Kier molecular flexibility index (Phi) is 2.92. The van der Waals surface area contributed by atoms with E-state index in [1.54, 1.807) is 13.6 Å². The molecule has 1 radical (unpaired) electrons. The highest BCUT2D eigenvalue weighted by atomic mass is 19.4. The molecule has 0 bridgehead atoms. The molecule has 0 aromatic rings. The molecule has 12 heavy (non-hydrogen) atoms. The molecule has 1 heterocycles. The van der Waals surface area contributed by atoms with Crippen molar-refractivity contribution in [2.75, 3.05) is 20.1 Å². The zero-order chi connectivity index (χ0) is 9.19. The first-order valence-corrected chi connectivity index (χ1v) is 3.49. The maximum Gasteiger partial charge on any atom is 0.524 e. The Morgan fingerprint density at radius 3 is 2.75 bits per heavy atom. The van der Waals surface area contributed by atoms with Crippen LogP contribution in [-0.4, -0.2) is 37.6 Å². The van der Waals surface area contributed by atoms with Gasteiger partial charge < -0.3 is 5.32 Å². The van der Waals surface area contributed by atoms with Crippen LogP contribution < -0.4 is 5.32 Å². The molecule has 0 aromatic heterocycles. The lowest BCUT2D eigenvalue weighted by Gasteiger charge is -2.32. The molecule has 1 atom stereocenters. The average molecular weight is 183 g/mol. The van der Waals surface area contributed by atoms with Crippen LogP contribution in [0.5, 0.6) is 0 Å². The fourth-order valence-corrected chi connectivity index (χ4v) is 0.956. The molecule has 0 spiro atoms. The summed E-state index contributed by atoms with van der Waals surface area (Å²) in [5, 5.41) is 2.77. The zero-order valence-electron chi connectivity index (χ0n) is 6.56. The average Bonchev–Trinajstić information content (AvgIpc) is 1.91. The van der Waals surface area contributed by atoms with Gasteiger partial charge in [0, 0.05) is 19.6 Å². The van der Waals surface area contributed by atoms with E-state index < -0.39 is 12.6 Å². The topological polar surface area (TPSA) is 24.5 Å². The lowest BCUT2D eigenvalue weighted by atomic mass is 10.3. The van der Waals surface area contributed by atoms with E-state index >= 15 is 0 Å². The summed E-state index contributed by atoms with van der Waals surface area (Å²) < 4.78 is 39.0. The Bertz CT molecular complexity index is 150. The minimum absolute atomic E-state index is 0.187. The van der Waals surface area contributed by atoms with Gasteiger partial charge in [-0.1, -0.05) is 0 Å². The van der Waals surface area contributed by atoms with Crippen molar-refractivity contribution in [2.45, 2.75) is 12.6 Å². The van der Waals surface area contributed by atoms with Crippen molar-refractivity contribution >= 4 is 0 Å². The van der Waals surface area contributed by atoms with Gasteiger partial charge in [-0.3, -0.25) is 9.64 Å². The lowest BCUT2D eigenvalue weighted by Crippen LogP contribution is -2.49. The summed E-state index contributed by atoms with van der Waals surface area (Å²) in [6.45, 7) is 2.38. The number of halogens is 3. The van der Waals surface area contributed by atoms with E-state index in [0.717, 1.165) is 0 Å². The fraction of sp³-hybridized carbons (Fsp3) is 0.833. The number of nitrogens with zero attached hydrogens (tertiary/aromatic N) is 1. The first-order chi connectivity index (χ1) is 5.49. The molecular formula is C6H10F3N2O. The number of hydrogen-bond acceptors (Lipinski definition) is 3. The van der Waals surface area contributed by atoms with E-state index in [4.69, 9.17) is 0 Å². The molecule has 0 saturated carbocycles. The van der Waals surface area contributed by atoms with Crippen LogP contribution in [0.25, 0.3) is 0 Å². The van der Waals surface area contributed by atoms with Crippen LogP contribution in [0.4, 0.5) is 13.2 Å². The minimum atomic E-state index is -4.56. The van der Waals surface area contributed by atoms with Gasteiger partial charge in [0.1, 0.15) is 6.23 Å². The van der Waals surface area contributed by atoms with Crippen molar-refractivity contribution in [1.82, 2.24) is 10.2 Å². The lowest BCUT2D eigenvalue weighted by molar-refractivity contribution is -0.357. The Labute approximate surface area is 68.5 Å². The van der Waals surface area contributed by atoms with Gasteiger partial charge in [-0.05, 0) is 7.05 Å². The normalized spacial score (nSPS) is 27.5. The van der Waals surface area contributed by atoms with Crippen LogP contribution >= 0.6 is 0 Å². The van der Waals surface area contributed by atoms with Crippen LogP contribution in [0.3, 0.4) is 0 Å². The van der Waals surface area contributed by atoms with E-state index in [1.807, 2.05) is 0 Å². The van der Waals surface area contributed by atoms with Gasteiger partial charge in [0.25, 0.3) is 0 Å². The molecule has 1 unspecified atom stereocenters. The van der Waals surface area contributed by atoms with Crippen molar-refractivity contribution in [2.24, 2.45) is 0 Å². The first-order valence-electron chi connectivity index (χ1n) is 3.49. The molecule has 1 aliphatic heterocycles. The SMILES string of the molecule is CN1[CH]CNCC1OC(F)(F)F. The molecule has 3 nitrogen and oxygen atoms in total. The monoisotopic (exact) mass is 183 g/mol. The second kappa shape index (κ2) is 3.59. The second-order valence-electron chi connectivity index (χ2n) is 2.52. The zero-order valence-corrected chi connectivity index (χ0v) is 6.56. The Balaban J connectivity index is 2.39. The summed E-state index contributed by atoms with van der Waals surface area (Å²) in [5.74, 6) is 0. The highest BCUT2D eigenvalue weighted by Gasteiger charge is 2.35. The van der Waals surface area contributed by atoms with Crippen molar-refractivity contribution in [3.05, 3.63) is 6.54 Å². The van der Waals surface area contributed by atoms with Gasteiger partial charge in [0.2, 0.25) is 0 Å². The van der Waals surface area contributed by atoms with E-state index in [1.165, 1.54) is 4.90 Å². The number of hydrogen-bond donors (Lipinski definition) is 1. The number of nitrogens with one attached hydrogen (secondary N) is 1. The van der Waals surface area contributed by atoms with Crippen LogP contribution in [-0.2, 0) is 4.74 Å². The maximum absolute atomic E-state index is 11.7. The molecule has 1 saturated heterocycles. The third-order valence-corrected chi connectivity index (χ3v) is 1.57. The van der Waals surface area contributed by atoms with Crippen molar-refractivity contribution in [1.29, 1.82) is 0 Å². The quantitative estimate of drug-likeness (QED) is 0.642. The number of likely N-dealkylation sites (N-methyl/N-ethyl adjacent to an activating group) is 1. The molecule has 0 aromatic carbocycles. The largest absolute Gasteiger partial charge is 0.524 e. The summed E-state index contributed by atoms with van der Waals surface area (Å²) in [7, 11) is 1.55. The Morgan fingerprint density at radius 1 is 1.58 bits per heavy atom. The van der Waals surface area contributed by atoms with E-state index in [0.29, 0.717) is 6.54 Å². The molecule has 6 heteroatoms. The minimum Gasteiger partial charge on any atom is -0.311 e. The smallest absolute Gasteiger partial charge is 0.311 e. The van der Waals surface area contributed by atoms with Crippen molar-refractivity contribution < 1.29 is 17.9 Å². The number of alkyl halides is 3. The van der Waals surface area contributed by atoms with E-state index in [-0.39, 0.29) is 6.54 Å². The van der Waals surface area contributed by atoms with Crippen LogP contribution in [0.1, 0.15) is 0 Å². The van der Waals surface area contributed by atoms with Gasteiger partial charge >= 0.3 is 6.36 Å². The molecule has 71 valence electrons. The van der Waals surface area contributed by atoms with Crippen molar-refractivity contribution in [3.63, 3.8) is 0 Å². The summed E-state index contributed by atoms with van der Waals surface area (Å²) >= 11 is 0. The second-order valence-corrected chi connectivity index (χ2v) is 2.52. The third kappa shape index (κ3) is 2.96. The van der Waals surface area contributed by atoms with Crippen molar-refractivity contribution in [3.8, 4) is 0 Å². The number of piperazine rings is 1. The third-order valence-electron chi connectivity index (χ3n) is 1.57. The van der Waals surface area contributed by atoms with Gasteiger partial charge in [-0.15, -0.1) is 13.2 Å². The summed E-state index contributed by atoms with van der Waals surface area (Å²) in [6, 6.07) is 0. The summed E-state index contributed by atoms with van der Waals surface area (Å²) in [5.41, 5.74) is 0. The van der Waals surface area contributed by atoms with Crippen LogP contribution in [0.2, 0.25) is 0 Å². The molecule has 0 amide bonds. The Hall–Kier alpha value is -0.330. The molecule has 0 aliphatic carbocycles. The number of ether oxygens (including phenoxy) is 1. The molecular weight excluding hydrogens is 173 g/mol. The molecule has 1 rings (SSSR count). The van der Waals surface area contributed by atoms with Crippen LogP contribution in [0, 0.1) is 6.54 Å².